The van der Waals surface area contributed by atoms with Gasteiger partial charge in [0.15, 0.2) is 9.84 Å². The lowest BCUT2D eigenvalue weighted by molar-refractivity contribution is 0.0712. The second-order valence-electron chi connectivity index (χ2n) is 4.99. The van der Waals surface area contributed by atoms with E-state index in [4.69, 9.17) is 11.6 Å². The van der Waals surface area contributed by atoms with Crippen LogP contribution in [0.2, 0.25) is 5.15 Å². The molecule has 5 nitrogen and oxygen atoms in total. The molecule has 1 amide bonds. The SMILES string of the molecule is CCc1cc(C(=O)N2CCS(=O)(=O)CC2C)cc(Cl)n1. The van der Waals surface area contributed by atoms with E-state index in [0.717, 1.165) is 5.69 Å². The number of aromatic nitrogens is 1. The Bertz CT molecular complexity index is 631. The molecule has 0 aliphatic carbocycles. The minimum atomic E-state index is -3.03. The van der Waals surface area contributed by atoms with E-state index in [1.165, 1.54) is 6.07 Å². The van der Waals surface area contributed by atoms with Crippen LogP contribution < -0.4 is 0 Å². The third kappa shape index (κ3) is 3.30. The fraction of sp³-hybridized carbons (Fsp3) is 0.538. The van der Waals surface area contributed by atoms with Crippen LogP contribution >= 0.6 is 11.6 Å². The molecule has 0 radical (unpaired) electrons. The summed E-state index contributed by atoms with van der Waals surface area (Å²) in [5.41, 5.74) is 1.21. The van der Waals surface area contributed by atoms with Gasteiger partial charge in [-0.15, -0.1) is 0 Å². The van der Waals surface area contributed by atoms with Crippen molar-refractivity contribution >= 4 is 27.3 Å². The summed E-state index contributed by atoms with van der Waals surface area (Å²) >= 11 is 5.92. The van der Waals surface area contributed by atoms with Crippen LogP contribution in [-0.2, 0) is 16.3 Å². The van der Waals surface area contributed by atoms with Gasteiger partial charge in [-0.25, -0.2) is 13.4 Å². The van der Waals surface area contributed by atoms with Gasteiger partial charge in [-0.3, -0.25) is 4.79 Å². The van der Waals surface area contributed by atoms with E-state index in [0.29, 0.717) is 12.0 Å². The molecular formula is C13H17ClN2O3S. The van der Waals surface area contributed by atoms with E-state index >= 15 is 0 Å². The Morgan fingerprint density at radius 1 is 1.50 bits per heavy atom. The Kier molecular flexibility index (Phi) is 4.34. The zero-order chi connectivity index (χ0) is 14.9. The highest BCUT2D eigenvalue weighted by Gasteiger charge is 2.31. The number of pyridine rings is 1. The number of carbonyl (C=O) groups is 1. The lowest BCUT2D eigenvalue weighted by atomic mass is 10.1. The van der Waals surface area contributed by atoms with Crippen LogP contribution in [0.15, 0.2) is 12.1 Å². The van der Waals surface area contributed by atoms with Crippen molar-refractivity contribution in [2.45, 2.75) is 26.3 Å². The predicted molar refractivity (Wildman–Crippen MR) is 77.8 cm³/mol. The normalized spacial score (nSPS) is 21.8. The van der Waals surface area contributed by atoms with Crippen LogP contribution in [0.3, 0.4) is 0 Å². The largest absolute Gasteiger partial charge is 0.334 e. The van der Waals surface area contributed by atoms with Crippen LogP contribution in [0.25, 0.3) is 0 Å². The van der Waals surface area contributed by atoms with Gasteiger partial charge in [-0.1, -0.05) is 18.5 Å². The third-order valence-corrected chi connectivity index (χ3v) is 5.38. The summed E-state index contributed by atoms with van der Waals surface area (Å²) in [6.45, 7) is 3.91. The van der Waals surface area contributed by atoms with E-state index in [1.807, 2.05) is 6.92 Å². The van der Waals surface area contributed by atoms with Crippen molar-refractivity contribution in [3.05, 3.63) is 28.5 Å². The van der Waals surface area contributed by atoms with Crippen LogP contribution in [0.1, 0.15) is 29.9 Å². The molecule has 1 atom stereocenters. The molecule has 0 saturated carbocycles. The highest BCUT2D eigenvalue weighted by molar-refractivity contribution is 7.91. The Hall–Kier alpha value is -1.14. The van der Waals surface area contributed by atoms with Gasteiger partial charge in [0, 0.05) is 23.8 Å². The van der Waals surface area contributed by atoms with Crippen molar-refractivity contribution in [3.63, 3.8) is 0 Å². The maximum absolute atomic E-state index is 12.5. The molecule has 1 aliphatic heterocycles. The van der Waals surface area contributed by atoms with Crippen molar-refractivity contribution in [1.29, 1.82) is 0 Å². The topological polar surface area (TPSA) is 67.3 Å². The maximum atomic E-state index is 12.5. The first-order valence-corrected chi connectivity index (χ1v) is 8.70. The molecule has 1 saturated heterocycles. The Balaban J connectivity index is 2.26. The van der Waals surface area contributed by atoms with E-state index in [9.17, 15) is 13.2 Å². The van der Waals surface area contributed by atoms with Gasteiger partial charge in [0.05, 0.1) is 11.5 Å². The lowest BCUT2D eigenvalue weighted by Gasteiger charge is -2.33. The standard InChI is InChI=1S/C13H17ClN2O3S/c1-3-11-6-10(7-12(14)15-11)13(17)16-4-5-20(18,19)8-9(16)2/h6-7,9H,3-5,8H2,1-2H3. The average Bonchev–Trinajstić information content (AvgIpc) is 2.36. The number of nitrogens with zero attached hydrogens (tertiary/aromatic N) is 2. The molecule has 1 aliphatic rings. The molecule has 1 aromatic rings. The summed E-state index contributed by atoms with van der Waals surface area (Å²) in [4.78, 5) is 18.2. The first-order valence-electron chi connectivity index (χ1n) is 6.50. The zero-order valence-corrected chi connectivity index (χ0v) is 13.0. The second-order valence-corrected chi connectivity index (χ2v) is 7.60. The Morgan fingerprint density at radius 3 is 2.80 bits per heavy atom. The van der Waals surface area contributed by atoms with Gasteiger partial charge < -0.3 is 4.90 Å². The van der Waals surface area contributed by atoms with Crippen LogP contribution in [0, 0.1) is 0 Å². The molecular weight excluding hydrogens is 300 g/mol. The van der Waals surface area contributed by atoms with Crippen LogP contribution in [-0.4, -0.2) is 48.3 Å². The molecule has 7 heteroatoms. The molecule has 2 heterocycles. The van der Waals surface area contributed by atoms with Crippen LogP contribution in [0.4, 0.5) is 0 Å². The molecule has 2 rings (SSSR count). The van der Waals surface area contributed by atoms with Crippen molar-refractivity contribution in [2.75, 3.05) is 18.1 Å². The van der Waals surface area contributed by atoms with Crippen molar-refractivity contribution in [1.82, 2.24) is 9.88 Å². The smallest absolute Gasteiger partial charge is 0.254 e. The van der Waals surface area contributed by atoms with Gasteiger partial charge in [0.1, 0.15) is 5.15 Å². The molecule has 0 aromatic carbocycles. The number of hydrogen-bond acceptors (Lipinski definition) is 4. The second kappa shape index (κ2) is 5.69. The van der Waals surface area contributed by atoms with Gasteiger partial charge in [0.2, 0.25) is 0 Å². The number of hydrogen-bond donors (Lipinski definition) is 0. The highest BCUT2D eigenvalue weighted by Crippen LogP contribution is 2.18. The van der Waals surface area contributed by atoms with Crippen molar-refractivity contribution in [2.24, 2.45) is 0 Å². The van der Waals surface area contributed by atoms with Gasteiger partial charge in [-0.05, 0) is 25.5 Å². The summed E-state index contributed by atoms with van der Waals surface area (Å²) in [5, 5.41) is 0.282. The summed E-state index contributed by atoms with van der Waals surface area (Å²) in [7, 11) is -3.03. The maximum Gasteiger partial charge on any atom is 0.254 e. The van der Waals surface area contributed by atoms with Crippen molar-refractivity contribution in [3.8, 4) is 0 Å². The average molecular weight is 317 g/mol. The quantitative estimate of drug-likeness (QED) is 0.777. The molecule has 1 aromatic heterocycles. The van der Waals surface area contributed by atoms with Gasteiger partial charge in [-0.2, -0.15) is 0 Å². The number of halogens is 1. The molecule has 1 fully saturated rings. The summed E-state index contributed by atoms with van der Waals surface area (Å²) in [6.07, 6.45) is 0.685. The number of sulfone groups is 1. The molecule has 110 valence electrons. The number of amides is 1. The number of aryl methyl sites for hydroxylation is 1. The van der Waals surface area contributed by atoms with Gasteiger partial charge >= 0.3 is 0 Å². The molecule has 0 N–H and O–H groups in total. The van der Waals surface area contributed by atoms with E-state index in [-0.39, 0.29) is 35.2 Å². The zero-order valence-electron chi connectivity index (χ0n) is 11.5. The fourth-order valence-corrected chi connectivity index (χ4v) is 4.10. The van der Waals surface area contributed by atoms with E-state index in [1.54, 1.807) is 17.9 Å². The molecule has 0 spiro atoms. The lowest BCUT2D eigenvalue weighted by Crippen LogP contribution is -2.49. The Morgan fingerprint density at radius 2 is 2.20 bits per heavy atom. The summed E-state index contributed by atoms with van der Waals surface area (Å²) < 4.78 is 23.1. The number of rotatable bonds is 2. The molecule has 1 unspecified atom stereocenters. The minimum Gasteiger partial charge on any atom is -0.334 e. The fourth-order valence-electron chi connectivity index (χ4n) is 2.32. The predicted octanol–water partition coefficient (Wildman–Crippen LogP) is 1.56. The first-order chi connectivity index (χ1) is 9.32. The minimum absolute atomic E-state index is 0.0121. The van der Waals surface area contributed by atoms with E-state index < -0.39 is 9.84 Å². The van der Waals surface area contributed by atoms with Crippen LogP contribution in [0.5, 0.6) is 0 Å². The first kappa shape index (κ1) is 15.3. The summed E-state index contributed by atoms with van der Waals surface area (Å²) in [5.74, 6) is -0.160. The Labute approximate surface area is 123 Å². The monoisotopic (exact) mass is 316 g/mol. The summed E-state index contributed by atoms with van der Waals surface area (Å²) in [6, 6.07) is 2.92. The molecule has 0 bridgehead atoms. The highest BCUT2D eigenvalue weighted by atomic mass is 35.5. The van der Waals surface area contributed by atoms with Crippen molar-refractivity contribution < 1.29 is 13.2 Å². The molecule has 20 heavy (non-hydrogen) atoms. The number of carbonyl (C=O) groups excluding carboxylic acids is 1. The van der Waals surface area contributed by atoms with Gasteiger partial charge in [0.25, 0.3) is 5.91 Å². The third-order valence-electron chi connectivity index (χ3n) is 3.39. The van der Waals surface area contributed by atoms with E-state index in [2.05, 4.69) is 4.98 Å².